The first-order valence-electron chi connectivity index (χ1n) is 6.98. The Balaban J connectivity index is 2.01. The summed E-state index contributed by atoms with van der Waals surface area (Å²) in [5.41, 5.74) is 0.422. The largest absolute Gasteiger partial charge is 0.385 e. The molecule has 1 aliphatic rings. The molecule has 0 aliphatic heterocycles. The molecule has 1 saturated carbocycles. The number of aliphatic hydroxyl groups is 1. The lowest BCUT2D eigenvalue weighted by Crippen LogP contribution is -2.22. The minimum absolute atomic E-state index is 0.228. The van der Waals surface area contributed by atoms with Gasteiger partial charge in [0.05, 0.1) is 5.60 Å². The predicted molar refractivity (Wildman–Crippen MR) is 71.9 cm³/mol. The lowest BCUT2D eigenvalue weighted by Gasteiger charge is -2.25. The van der Waals surface area contributed by atoms with E-state index in [0.29, 0.717) is 11.1 Å². The summed E-state index contributed by atoms with van der Waals surface area (Å²) in [5.74, 6) is 0.528. The van der Waals surface area contributed by atoms with Crippen molar-refractivity contribution >= 4 is 0 Å². The van der Waals surface area contributed by atoms with Gasteiger partial charge in [-0.25, -0.2) is 4.39 Å². The van der Waals surface area contributed by atoms with Crippen LogP contribution in [0.25, 0.3) is 0 Å². The van der Waals surface area contributed by atoms with Crippen LogP contribution in [0.5, 0.6) is 0 Å². The number of hydrogen-bond acceptors (Lipinski definition) is 1. The SMILES string of the molecule is Cc1ccc(C(C)(O)CCC2CCCC2)cc1F. The van der Waals surface area contributed by atoms with Crippen LogP contribution < -0.4 is 0 Å². The van der Waals surface area contributed by atoms with Crippen molar-refractivity contribution in [3.8, 4) is 0 Å². The minimum atomic E-state index is -0.906. The molecule has 1 aromatic carbocycles. The summed E-state index contributed by atoms with van der Waals surface area (Å²) in [4.78, 5) is 0. The molecule has 18 heavy (non-hydrogen) atoms. The number of halogens is 1. The Morgan fingerprint density at radius 3 is 2.61 bits per heavy atom. The van der Waals surface area contributed by atoms with Gasteiger partial charge in [0.15, 0.2) is 0 Å². The van der Waals surface area contributed by atoms with E-state index in [9.17, 15) is 9.50 Å². The fourth-order valence-electron chi connectivity index (χ4n) is 2.86. The van der Waals surface area contributed by atoms with E-state index in [4.69, 9.17) is 0 Å². The van der Waals surface area contributed by atoms with Gasteiger partial charge in [-0.15, -0.1) is 0 Å². The van der Waals surface area contributed by atoms with E-state index in [1.807, 2.05) is 6.07 Å². The van der Waals surface area contributed by atoms with Gasteiger partial charge < -0.3 is 5.11 Å². The summed E-state index contributed by atoms with van der Waals surface area (Å²) in [6.45, 7) is 3.54. The van der Waals surface area contributed by atoms with Crippen LogP contribution in [-0.4, -0.2) is 5.11 Å². The Labute approximate surface area is 109 Å². The van der Waals surface area contributed by atoms with E-state index < -0.39 is 5.60 Å². The number of rotatable bonds is 4. The third-order valence-corrected chi connectivity index (χ3v) is 4.31. The molecule has 1 unspecified atom stereocenters. The van der Waals surface area contributed by atoms with Crippen molar-refractivity contribution in [2.45, 2.75) is 58.0 Å². The van der Waals surface area contributed by atoms with Crippen LogP contribution in [0, 0.1) is 18.7 Å². The molecule has 1 aromatic rings. The summed E-state index contributed by atoms with van der Waals surface area (Å²) in [7, 11) is 0. The van der Waals surface area contributed by atoms with E-state index in [1.54, 1.807) is 19.9 Å². The van der Waals surface area contributed by atoms with Crippen molar-refractivity contribution in [3.05, 3.63) is 35.1 Å². The summed E-state index contributed by atoms with van der Waals surface area (Å²) in [6, 6.07) is 5.06. The zero-order chi connectivity index (χ0) is 13.2. The van der Waals surface area contributed by atoms with Gasteiger partial charge >= 0.3 is 0 Å². The molecular weight excluding hydrogens is 227 g/mol. The van der Waals surface area contributed by atoms with Crippen LogP contribution in [0.2, 0.25) is 0 Å². The van der Waals surface area contributed by atoms with E-state index in [-0.39, 0.29) is 5.82 Å². The van der Waals surface area contributed by atoms with Crippen LogP contribution in [0.15, 0.2) is 18.2 Å². The van der Waals surface area contributed by atoms with E-state index in [0.717, 1.165) is 18.8 Å². The number of benzene rings is 1. The molecular formula is C16H23FO. The average molecular weight is 250 g/mol. The van der Waals surface area contributed by atoms with Crippen molar-refractivity contribution in [2.75, 3.05) is 0 Å². The molecule has 1 nitrogen and oxygen atoms in total. The normalized spacial score (nSPS) is 20.0. The van der Waals surface area contributed by atoms with Crippen molar-refractivity contribution < 1.29 is 9.50 Å². The van der Waals surface area contributed by atoms with Gasteiger partial charge in [0.2, 0.25) is 0 Å². The topological polar surface area (TPSA) is 20.2 Å². The Morgan fingerprint density at radius 1 is 1.33 bits per heavy atom. The highest BCUT2D eigenvalue weighted by Crippen LogP contribution is 2.34. The van der Waals surface area contributed by atoms with Crippen LogP contribution in [0.3, 0.4) is 0 Å². The van der Waals surface area contributed by atoms with Gasteiger partial charge in [0.1, 0.15) is 5.82 Å². The van der Waals surface area contributed by atoms with Gasteiger partial charge in [-0.2, -0.15) is 0 Å². The standard InChI is InChI=1S/C16H23FO/c1-12-7-8-14(11-15(12)17)16(2,18)10-9-13-5-3-4-6-13/h7-8,11,13,18H,3-6,9-10H2,1-2H3. The average Bonchev–Trinajstić information content (AvgIpc) is 2.83. The second-order valence-electron chi connectivity index (χ2n) is 5.93. The third-order valence-electron chi connectivity index (χ3n) is 4.31. The first-order valence-corrected chi connectivity index (χ1v) is 6.98. The van der Waals surface area contributed by atoms with E-state index >= 15 is 0 Å². The molecule has 0 bridgehead atoms. The van der Waals surface area contributed by atoms with Crippen molar-refractivity contribution in [2.24, 2.45) is 5.92 Å². The van der Waals surface area contributed by atoms with Crippen LogP contribution in [0.1, 0.15) is 56.6 Å². The van der Waals surface area contributed by atoms with E-state index in [2.05, 4.69) is 0 Å². The summed E-state index contributed by atoms with van der Waals surface area (Å²) >= 11 is 0. The second kappa shape index (κ2) is 5.40. The maximum Gasteiger partial charge on any atom is 0.126 e. The molecule has 0 saturated heterocycles. The molecule has 0 amide bonds. The Bertz CT molecular complexity index is 406. The molecule has 2 rings (SSSR count). The molecule has 0 aromatic heterocycles. The molecule has 1 N–H and O–H groups in total. The lowest BCUT2D eigenvalue weighted by molar-refractivity contribution is 0.0406. The molecule has 1 aliphatic carbocycles. The lowest BCUT2D eigenvalue weighted by atomic mass is 9.87. The summed E-state index contributed by atoms with van der Waals surface area (Å²) < 4.78 is 13.5. The molecule has 0 radical (unpaired) electrons. The zero-order valence-corrected chi connectivity index (χ0v) is 11.4. The smallest absolute Gasteiger partial charge is 0.126 e. The number of aryl methyl sites for hydroxylation is 1. The van der Waals surface area contributed by atoms with Crippen molar-refractivity contribution in [3.63, 3.8) is 0 Å². The third kappa shape index (κ3) is 3.11. The van der Waals surface area contributed by atoms with Gasteiger partial charge in [0.25, 0.3) is 0 Å². The molecule has 1 fully saturated rings. The fraction of sp³-hybridized carbons (Fsp3) is 0.625. The first-order chi connectivity index (χ1) is 8.49. The highest BCUT2D eigenvalue weighted by molar-refractivity contribution is 5.27. The maximum absolute atomic E-state index is 13.5. The Morgan fingerprint density at radius 2 is 2.00 bits per heavy atom. The second-order valence-corrected chi connectivity index (χ2v) is 5.93. The maximum atomic E-state index is 13.5. The van der Waals surface area contributed by atoms with Crippen molar-refractivity contribution in [1.82, 2.24) is 0 Å². The number of hydrogen-bond donors (Lipinski definition) is 1. The van der Waals surface area contributed by atoms with Gasteiger partial charge in [0, 0.05) is 0 Å². The van der Waals surface area contributed by atoms with Gasteiger partial charge in [-0.1, -0.05) is 37.8 Å². The fourth-order valence-corrected chi connectivity index (χ4v) is 2.86. The molecule has 100 valence electrons. The van der Waals surface area contributed by atoms with Crippen molar-refractivity contribution in [1.29, 1.82) is 0 Å². The molecule has 0 spiro atoms. The van der Waals surface area contributed by atoms with Gasteiger partial charge in [-0.05, 0) is 49.8 Å². The summed E-state index contributed by atoms with van der Waals surface area (Å²) in [6.07, 6.45) is 7.00. The van der Waals surface area contributed by atoms with Gasteiger partial charge in [-0.3, -0.25) is 0 Å². The first kappa shape index (κ1) is 13.5. The highest BCUT2D eigenvalue weighted by atomic mass is 19.1. The highest BCUT2D eigenvalue weighted by Gasteiger charge is 2.26. The Kier molecular flexibility index (Phi) is 4.06. The molecule has 2 heteroatoms. The van der Waals surface area contributed by atoms with Crippen LogP contribution >= 0.6 is 0 Å². The minimum Gasteiger partial charge on any atom is -0.385 e. The summed E-state index contributed by atoms with van der Waals surface area (Å²) in [5, 5.41) is 10.5. The Hall–Kier alpha value is -0.890. The van der Waals surface area contributed by atoms with Crippen LogP contribution in [-0.2, 0) is 5.60 Å². The van der Waals surface area contributed by atoms with Crippen LogP contribution in [0.4, 0.5) is 4.39 Å². The molecule has 1 atom stereocenters. The zero-order valence-electron chi connectivity index (χ0n) is 11.4. The van der Waals surface area contributed by atoms with E-state index in [1.165, 1.54) is 31.7 Å². The predicted octanol–water partition coefficient (Wildman–Crippen LogP) is 4.31. The quantitative estimate of drug-likeness (QED) is 0.844. The monoisotopic (exact) mass is 250 g/mol. The molecule has 0 heterocycles.